The Morgan fingerprint density at radius 2 is 1.94 bits per heavy atom. The van der Waals surface area contributed by atoms with Crippen LogP contribution in [0, 0.1) is 5.92 Å². The van der Waals surface area contributed by atoms with E-state index in [9.17, 15) is 8.42 Å². The molecule has 0 aliphatic carbocycles. The maximum Gasteiger partial charge on any atom is 0.211 e. The molecule has 1 atom stereocenters. The Kier molecular flexibility index (Phi) is 4.76. The minimum atomic E-state index is -3.04. The average molecular weight is 247 g/mol. The highest BCUT2D eigenvalue weighted by atomic mass is 32.2. The van der Waals surface area contributed by atoms with Crippen LogP contribution in [0.3, 0.4) is 0 Å². The lowest BCUT2D eigenvalue weighted by atomic mass is 10.1. The molecular formula is C11H23N2O2S. The summed E-state index contributed by atoms with van der Waals surface area (Å²) in [5.41, 5.74) is 0. The lowest BCUT2D eigenvalue weighted by molar-refractivity contribution is 0.137. The van der Waals surface area contributed by atoms with E-state index in [0.717, 1.165) is 26.1 Å². The van der Waals surface area contributed by atoms with Crippen molar-refractivity contribution in [2.75, 3.05) is 32.4 Å². The molecular weight excluding hydrogens is 224 g/mol. The van der Waals surface area contributed by atoms with E-state index in [4.69, 9.17) is 0 Å². The minimum Gasteiger partial charge on any atom is -0.300 e. The molecule has 0 bridgehead atoms. The third-order valence-electron chi connectivity index (χ3n) is 2.95. The summed E-state index contributed by atoms with van der Waals surface area (Å²) in [6.07, 6.45) is 2.19. The second kappa shape index (κ2) is 5.47. The highest BCUT2D eigenvalue weighted by Gasteiger charge is 2.31. The molecule has 0 amide bonds. The minimum absolute atomic E-state index is 0.142. The molecule has 0 aromatic heterocycles. The third kappa shape index (κ3) is 3.71. The van der Waals surface area contributed by atoms with Gasteiger partial charge in [0.25, 0.3) is 0 Å². The van der Waals surface area contributed by atoms with Crippen molar-refractivity contribution in [3.05, 3.63) is 5.92 Å². The van der Waals surface area contributed by atoms with Crippen molar-refractivity contribution < 1.29 is 8.42 Å². The molecule has 4 nitrogen and oxygen atoms in total. The van der Waals surface area contributed by atoms with E-state index >= 15 is 0 Å². The molecule has 95 valence electrons. The molecule has 1 aliphatic rings. The molecule has 16 heavy (non-hydrogen) atoms. The first-order valence-corrected chi connectivity index (χ1v) is 7.67. The van der Waals surface area contributed by atoms with Crippen molar-refractivity contribution in [3.8, 4) is 0 Å². The van der Waals surface area contributed by atoms with Crippen LogP contribution in [0.1, 0.15) is 27.2 Å². The van der Waals surface area contributed by atoms with Gasteiger partial charge in [-0.05, 0) is 12.3 Å². The van der Waals surface area contributed by atoms with Gasteiger partial charge in [0.05, 0.1) is 6.26 Å². The van der Waals surface area contributed by atoms with Crippen LogP contribution in [0.25, 0.3) is 0 Å². The van der Waals surface area contributed by atoms with E-state index in [1.165, 1.54) is 12.2 Å². The van der Waals surface area contributed by atoms with Gasteiger partial charge >= 0.3 is 0 Å². The first kappa shape index (κ1) is 13.9. The Morgan fingerprint density at radius 3 is 2.38 bits per heavy atom. The molecule has 1 saturated heterocycles. The highest BCUT2D eigenvalue weighted by Crippen LogP contribution is 2.17. The second-order valence-corrected chi connectivity index (χ2v) is 6.81. The quantitative estimate of drug-likeness (QED) is 0.743. The summed E-state index contributed by atoms with van der Waals surface area (Å²) in [6, 6.07) is 0.142. The molecule has 0 N–H and O–H groups in total. The van der Waals surface area contributed by atoms with Gasteiger partial charge in [-0.15, -0.1) is 0 Å². The lowest BCUT2D eigenvalue weighted by Crippen LogP contribution is -2.55. The van der Waals surface area contributed by atoms with Gasteiger partial charge in [-0.3, -0.25) is 4.90 Å². The molecule has 1 radical (unpaired) electrons. The van der Waals surface area contributed by atoms with Crippen molar-refractivity contribution in [2.45, 2.75) is 33.2 Å². The maximum atomic E-state index is 11.6. The number of sulfonamides is 1. The molecule has 5 heteroatoms. The van der Waals surface area contributed by atoms with Gasteiger partial charge in [0, 0.05) is 32.2 Å². The number of piperazine rings is 1. The topological polar surface area (TPSA) is 40.6 Å². The molecule has 1 fully saturated rings. The van der Waals surface area contributed by atoms with Crippen LogP contribution >= 0.6 is 0 Å². The van der Waals surface area contributed by atoms with Crippen LogP contribution in [0.2, 0.25) is 0 Å². The van der Waals surface area contributed by atoms with Crippen LogP contribution in [0.4, 0.5) is 0 Å². The Morgan fingerprint density at radius 1 is 1.31 bits per heavy atom. The van der Waals surface area contributed by atoms with Crippen LogP contribution < -0.4 is 0 Å². The molecule has 1 aliphatic heterocycles. The van der Waals surface area contributed by atoms with Crippen LogP contribution in [-0.2, 0) is 10.0 Å². The summed E-state index contributed by atoms with van der Waals surface area (Å²) in [5, 5.41) is 0. The summed E-state index contributed by atoms with van der Waals surface area (Å²) in [5.74, 6) is 1.38. The monoisotopic (exact) mass is 247 g/mol. The van der Waals surface area contributed by atoms with Crippen molar-refractivity contribution in [1.29, 1.82) is 0 Å². The molecule has 0 unspecified atom stereocenters. The number of hydrogen-bond donors (Lipinski definition) is 0. The molecule has 1 rings (SSSR count). The van der Waals surface area contributed by atoms with Gasteiger partial charge in [0.15, 0.2) is 0 Å². The molecule has 1 heterocycles. The molecule has 0 spiro atoms. The summed E-state index contributed by atoms with van der Waals surface area (Å²) in [7, 11) is -3.04. The lowest BCUT2D eigenvalue weighted by Gasteiger charge is -2.40. The van der Waals surface area contributed by atoms with Gasteiger partial charge in [-0.25, -0.2) is 8.42 Å². The Balaban J connectivity index is 2.64. The van der Waals surface area contributed by atoms with Gasteiger partial charge in [0.2, 0.25) is 10.0 Å². The Labute approximate surface area is 99.7 Å². The van der Waals surface area contributed by atoms with Gasteiger partial charge in [-0.1, -0.05) is 20.8 Å². The Bertz CT molecular complexity index is 314. The number of rotatable bonds is 4. The van der Waals surface area contributed by atoms with E-state index in [1.807, 2.05) is 0 Å². The summed E-state index contributed by atoms with van der Waals surface area (Å²) < 4.78 is 24.8. The standard InChI is InChI=1S/C11H23N2O2S/c1-5-11-9-12(8-10(2)3)6-7-13(11)16(4,14)15/h11H,5-9H2,1-4H3/t11-/m0/s1. The van der Waals surface area contributed by atoms with Crippen LogP contribution in [-0.4, -0.2) is 56.1 Å². The Hall–Kier alpha value is -0.130. The normalized spacial score (nSPS) is 25.2. The maximum absolute atomic E-state index is 11.6. The van der Waals surface area contributed by atoms with E-state index in [1.54, 1.807) is 4.31 Å². The summed E-state index contributed by atoms with van der Waals surface area (Å²) in [6.45, 7) is 9.59. The fourth-order valence-corrected chi connectivity index (χ4v) is 3.43. The van der Waals surface area contributed by atoms with Crippen molar-refractivity contribution >= 4 is 10.0 Å². The first-order chi connectivity index (χ1) is 7.34. The number of hydrogen-bond acceptors (Lipinski definition) is 3. The molecule has 0 saturated carbocycles. The van der Waals surface area contributed by atoms with Crippen molar-refractivity contribution in [2.24, 2.45) is 0 Å². The fraction of sp³-hybridized carbons (Fsp3) is 0.909. The van der Waals surface area contributed by atoms with E-state index in [-0.39, 0.29) is 6.04 Å². The first-order valence-electron chi connectivity index (χ1n) is 5.82. The van der Waals surface area contributed by atoms with Crippen LogP contribution in [0.15, 0.2) is 0 Å². The second-order valence-electron chi connectivity index (χ2n) is 4.88. The number of nitrogens with zero attached hydrogens (tertiary/aromatic N) is 2. The molecule has 0 aromatic rings. The van der Waals surface area contributed by atoms with Gasteiger partial charge in [-0.2, -0.15) is 4.31 Å². The summed E-state index contributed by atoms with van der Waals surface area (Å²) >= 11 is 0. The highest BCUT2D eigenvalue weighted by molar-refractivity contribution is 7.88. The smallest absolute Gasteiger partial charge is 0.211 e. The van der Waals surface area contributed by atoms with Gasteiger partial charge in [0.1, 0.15) is 0 Å². The van der Waals surface area contributed by atoms with Crippen LogP contribution in [0.5, 0.6) is 0 Å². The fourth-order valence-electron chi connectivity index (χ4n) is 2.26. The zero-order valence-corrected chi connectivity index (χ0v) is 11.5. The van der Waals surface area contributed by atoms with E-state index in [0.29, 0.717) is 6.54 Å². The predicted octanol–water partition coefficient (Wildman–Crippen LogP) is 0.956. The third-order valence-corrected chi connectivity index (χ3v) is 4.28. The van der Waals surface area contributed by atoms with E-state index in [2.05, 4.69) is 25.7 Å². The average Bonchev–Trinajstić information content (AvgIpc) is 2.14. The van der Waals surface area contributed by atoms with Crippen molar-refractivity contribution in [1.82, 2.24) is 9.21 Å². The zero-order valence-electron chi connectivity index (χ0n) is 10.7. The largest absolute Gasteiger partial charge is 0.300 e. The van der Waals surface area contributed by atoms with Crippen molar-refractivity contribution in [3.63, 3.8) is 0 Å². The van der Waals surface area contributed by atoms with Gasteiger partial charge < -0.3 is 0 Å². The summed E-state index contributed by atoms with van der Waals surface area (Å²) in [4.78, 5) is 2.34. The SMILES string of the molecule is CC[C@H]1CN(C[C](C)C)CCN1S(C)(=O)=O. The molecule has 0 aromatic carbocycles. The predicted molar refractivity (Wildman–Crippen MR) is 66.7 cm³/mol. The zero-order chi connectivity index (χ0) is 12.3. The van der Waals surface area contributed by atoms with E-state index < -0.39 is 10.0 Å².